The highest BCUT2D eigenvalue weighted by molar-refractivity contribution is 5.92. The molecule has 0 bridgehead atoms. The molecule has 4 rings (SSSR count). The molecule has 0 spiro atoms. The Morgan fingerprint density at radius 1 is 1.12 bits per heavy atom. The van der Waals surface area contributed by atoms with Crippen molar-refractivity contribution in [1.29, 1.82) is 0 Å². The standard InChI is InChI=1S/C24H24F3N5O2/c1-16-13-21(33)22(30-32(16)20-7-4-5-17(14-20)24(25,26)27)23(34)29-18-8-11-31(12-9-18)15-19-6-2-3-10-28-19/h2-7,10,13-14,18H,8-9,11-12,15H2,1H3,(H,29,34). The topological polar surface area (TPSA) is 80.1 Å². The zero-order valence-electron chi connectivity index (χ0n) is 18.5. The molecule has 10 heteroatoms. The first-order valence-corrected chi connectivity index (χ1v) is 10.9. The monoisotopic (exact) mass is 471 g/mol. The van der Waals surface area contributed by atoms with Gasteiger partial charge in [-0.25, -0.2) is 4.68 Å². The molecule has 3 heterocycles. The lowest BCUT2D eigenvalue weighted by Gasteiger charge is -2.32. The Hall–Kier alpha value is -3.53. The van der Waals surface area contributed by atoms with Crippen molar-refractivity contribution < 1.29 is 18.0 Å². The van der Waals surface area contributed by atoms with Gasteiger partial charge in [-0.1, -0.05) is 12.1 Å². The van der Waals surface area contributed by atoms with E-state index in [1.54, 1.807) is 13.1 Å². The first kappa shape index (κ1) is 23.6. The molecule has 1 saturated heterocycles. The summed E-state index contributed by atoms with van der Waals surface area (Å²) in [6.45, 7) is 3.80. The lowest BCUT2D eigenvalue weighted by molar-refractivity contribution is -0.137. The molecule has 1 N–H and O–H groups in total. The number of hydrogen-bond acceptors (Lipinski definition) is 5. The van der Waals surface area contributed by atoms with E-state index < -0.39 is 23.1 Å². The van der Waals surface area contributed by atoms with Crippen LogP contribution in [0.15, 0.2) is 59.5 Å². The van der Waals surface area contributed by atoms with Crippen LogP contribution in [-0.4, -0.2) is 44.7 Å². The number of aromatic nitrogens is 3. The molecule has 1 aromatic carbocycles. The minimum Gasteiger partial charge on any atom is -0.348 e. The van der Waals surface area contributed by atoms with Crippen molar-refractivity contribution in [3.63, 3.8) is 0 Å². The number of amides is 1. The molecule has 7 nitrogen and oxygen atoms in total. The van der Waals surface area contributed by atoms with E-state index in [2.05, 4.69) is 20.3 Å². The van der Waals surface area contributed by atoms with Gasteiger partial charge in [-0.05, 0) is 50.1 Å². The molecular formula is C24H24F3N5O2. The third-order valence-electron chi connectivity index (χ3n) is 5.78. The van der Waals surface area contributed by atoms with Gasteiger partial charge in [-0.15, -0.1) is 0 Å². The van der Waals surface area contributed by atoms with Gasteiger partial charge in [0.1, 0.15) is 0 Å². The largest absolute Gasteiger partial charge is 0.416 e. The molecule has 1 amide bonds. The summed E-state index contributed by atoms with van der Waals surface area (Å²) in [4.78, 5) is 31.9. The van der Waals surface area contributed by atoms with Gasteiger partial charge in [0.15, 0.2) is 5.69 Å². The van der Waals surface area contributed by atoms with Gasteiger partial charge in [-0.3, -0.25) is 19.5 Å². The highest BCUT2D eigenvalue weighted by atomic mass is 19.4. The van der Waals surface area contributed by atoms with Crippen molar-refractivity contribution in [3.8, 4) is 5.69 Å². The minimum atomic E-state index is -4.52. The number of benzene rings is 1. The number of halogens is 3. The van der Waals surface area contributed by atoms with Crippen LogP contribution in [0.2, 0.25) is 0 Å². The maximum atomic E-state index is 13.1. The zero-order chi connectivity index (χ0) is 24.3. The summed E-state index contributed by atoms with van der Waals surface area (Å²) in [5.74, 6) is -0.631. The molecule has 0 aliphatic carbocycles. The summed E-state index contributed by atoms with van der Waals surface area (Å²) in [7, 11) is 0. The van der Waals surface area contributed by atoms with E-state index in [1.807, 2.05) is 18.2 Å². The van der Waals surface area contributed by atoms with Gasteiger partial charge < -0.3 is 5.32 Å². The second-order valence-electron chi connectivity index (χ2n) is 8.30. The lowest BCUT2D eigenvalue weighted by Crippen LogP contribution is -2.45. The average molecular weight is 471 g/mol. The molecule has 0 unspecified atom stereocenters. The van der Waals surface area contributed by atoms with Gasteiger partial charge >= 0.3 is 6.18 Å². The molecule has 1 aliphatic heterocycles. The van der Waals surface area contributed by atoms with Crippen LogP contribution in [0, 0.1) is 6.92 Å². The normalized spacial score (nSPS) is 15.3. The number of carbonyl (C=O) groups is 1. The minimum absolute atomic E-state index is 0.115. The van der Waals surface area contributed by atoms with Crippen molar-refractivity contribution in [3.05, 3.63) is 87.6 Å². The summed E-state index contributed by atoms with van der Waals surface area (Å²) in [5, 5.41) is 6.96. The van der Waals surface area contributed by atoms with E-state index in [-0.39, 0.29) is 17.4 Å². The van der Waals surface area contributed by atoms with Crippen molar-refractivity contribution in [1.82, 2.24) is 25.0 Å². The van der Waals surface area contributed by atoms with Gasteiger partial charge in [0.2, 0.25) is 5.43 Å². The first-order chi connectivity index (χ1) is 16.2. The maximum Gasteiger partial charge on any atom is 0.416 e. The Morgan fingerprint density at radius 2 is 1.88 bits per heavy atom. The molecule has 34 heavy (non-hydrogen) atoms. The molecule has 0 saturated carbocycles. The SMILES string of the molecule is Cc1cc(=O)c(C(=O)NC2CCN(Cc3ccccn3)CC2)nn1-c1cccc(C(F)(F)F)c1. The molecule has 0 radical (unpaired) electrons. The number of nitrogens with one attached hydrogen (secondary N) is 1. The smallest absolute Gasteiger partial charge is 0.348 e. The number of aryl methyl sites for hydroxylation is 1. The summed E-state index contributed by atoms with van der Waals surface area (Å²) in [6, 6.07) is 11.4. The quantitative estimate of drug-likeness (QED) is 0.618. The third kappa shape index (κ3) is 5.51. The van der Waals surface area contributed by atoms with Crippen LogP contribution in [0.3, 0.4) is 0 Å². The van der Waals surface area contributed by atoms with E-state index in [0.717, 1.165) is 37.5 Å². The average Bonchev–Trinajstić information content (AvgIpc) is 2.80. The number of rotatable bonds is 5. The Kier molecular flexibility index (Phi) is 6.78. The highest BCUT2D eigenvalue weighted by Gasteiger charge is 2.31. The predicted molar refractivity (Wildman–Crippen MR) is 120 cm³/mol. The van der Waals surface area contributed by atoms with Crippen LogP contribution in [-0.2, 0) is 12.7 Å². The highest BCUT2D eigenvalue weighted by Crippen LogP contribution is 2.30. The first-order valence-electron chi connectivity index (χ1n) is 10.9. The Morgan fingerprint density at radius 3 is 2.56 bits per heavy atom. The summed E-state index contributed by atoms with van der Waals surface area (Å²) < 4.78 is 40.5. The number of hydrogen-bond donors (Lipinski definition) is 1. The summed E-state index contributed by atoms with van der Waals surface area (Å²) >= 11 is 0. The molecule has 2 aromatic heterocycles. The zero-order valence-corrected chi connectivity index (χ0v) is 18.5. The van der Waals surface area contributed by atoms with Crippen LogP contribution >= 0.6 is 0 Å². The van der Waals surface area contributed by atoms with Crippen molar-refractivity contribution in [2.45, 2.75) is 38.5 Å². The Bertz CT molecular complexity index is 1220. The Labute approximate surface area is 194 Å². The van der Waals surface area contributed by atoms with Crippen molar-refractivity contribution in [2.24, 2.45) is 0 Å². The van der Waals surface area contributed by atoms with Gasteiger partial charge in [0.25, 0.3) is 5.91 Å². The van der Waals surface area contributed by atoms with Crippen molar-refractivity contribution >= 4 is 5.91 Å². The molecule has 1 fully saturated rings. The van der Waals surface area contributed by atoms with E-state index in [4.69, 9.17) is 0 Å². The second kappa shape index (κ2) is 9.76. The van der Waals surface area contributed by atoms with E-state index in [1.165, 1.54) is 22.9 Å². The van der Waals surface area contributed by atoms with Crippen molar-refractivity contribution in [2.75, 3.05) is 13.1 Å². The van der Waals surface area contributed by atoms with Crippen LogP contribution < -0.4 is 10.7 Å². The van der Waals surface area contributed by atoms with Gasteiger partial charge in [0, 0.05) is 43.6 Å². The summed E-state index contributed by atoms with van der Waals surface area (Å²) in [5.41, 5.74) is -0.352. The van der Waals surface area contributed by atoms with Gasteiger partial charge in [-0.2, -0.15) is 18.3 Å². The fourth-order valence-corrected chi connectivity index (χ4v) is 3.99. The molecule has 3 aromatic rings. The number of nitrogens with zero attached hydrogens (tertiary/aromatic N) is 4. The molecule has 1 aliphatic rings. The van der Waals surface area contributed by atoms with Crippen LogP contribution in [0.5, 0.6) is 0 Å². The predicted octanol–water partition coefficient (Wildman–Crippen LogP) is 3.35. The van der Waals surface area contributed by atoms with Crippen LogP contribution in [0.4, 0.5) is 13.2 Å². The fourth-order valence-electron chi connectivity index (χ4n) is 3.99. The van der Waals surface area contributed by atoms with Gasteiger partial charge in [0.05, 0.1) is 16.9 Å². The third-order valence-corrected chi connectivity index (χ3v) is 5.78. The van der Waals surface area contributed by atoms with E-state index in [9.17, 15) is 22.8 Å². The Balaban J connectivity index is 1.45. The van der Waals surface area contributed by atoms with E-state index in [0.29, 0.717) is 18.5 Å². The molecular weight excluding hydrogens is 447 g/mol. The number of alkyl halides is 3. The molecule has 178 valence electrons. The fraction of sp³-hybridized carbons (Fsp3) is 0.333. The number of carbonyl (C=O) groups excluding carboxylic acids is 1. The lowest BCUT2D eigenvalue weighted by atomic mass is 10.0. The number of pyridine rings is 1. The molecule has 0 atom stereocenters. The number of likely N-dealkylation sites (tertiary alicyclic amines) is 1. The summed E-state index contributed by atoms with van der Waals surface area (Å²) in [6.07, 6.45) is -1.36. The van der Waals surface area contributed by atoms with Crippen LogP contribution in [0.25, 0.3) is 5.69 Å². The maximum absolute atomic E-state index is 13.1. The number of piperidine rings is 1. The van der Waals surface area contributed by atoms with Crippen LogP contribution in [0.1, 0.15) is 40.3 Å². The second-order valence-corrected chi connectivity index (χ2v) is 8.30. The van der Waals surface area contributed by atoms with E-state index >= 15 is 0 Å².